The molecule has 1 aromatic carbocycles. The molecule has 1 amide bonds. The van der Waals surface area contributed by atoms with Gasteiger partial charge in [-0.1, -0.05) is 12.1 Å². The average Bonchev–Trinajstić information content (AvgIpc) is 3.08. The lowest BCUT2D eigenvalue weighted by molar-refractivity contribution is 0.102. The molecule has 146 valence electrons. The van der Waals surface area contributed by atoms with Gasteiger partial charge in [-0.15, -0.1) is 0 Å². The second-order valence-electron chi connectivity index (χ2n) is 6.93. The summed E-state index contributed by atoms with van der Waals surface area (Å²) in [4.78, 5) is 25.5. The van der Waals surface area contributed by atoms with E-state index in [9.17, 15) is 4.79 Å². The topological polar surface area (TPSA) is 97.6 Å². The third-order valence-corrected chi connectivity index (χ3v) is 4.59. The first-order chi connectivity index (χ1) is 14.0. The van der Waals surface area contributed by atoms with Crippen LogP contribution in [-0.2, 0) is 7.05 Å². The van der Waals surface area contributed by atoms with Crippen molar-refractivity contribution in [3.8, 4) is 0 Å². The Kier molecular flexibility index (Phi) is 4.90. The van der Waals surface area contributed by atoms with E-state index in [1.54, 1.807) is 29.5 Å². The van der Waals surface area contributed by atoms with E-state index in [2.05, 4.69) is 30.7 Å². The lowest BCUT2D eigenvalue weighted by Gasteiger charge is -2.16. The molecule has 4 aromatic rings. The van der Waals surface area contributed by atoms with Crippen LogP contribution in [-0.4, -0.2) is 30.6 Å². The van der Waals surface area contributed by atoms with E-state index >= 15 is 0 Å². The van der Waals surface area contributed by atoms with Crippen molar-refractivity contribution in [1.82, 2.24) is 24.7 Å². The number of benzene rings is 1. The van der Waals surface area contributed by atoms with Crippen molar-refractivity contribution in [3.05, 3.63) is 71.8 Å². The number of nitrogens with one attached hydrogen (secondary N) is 2. The van der Waals surface area contributed by atoms with Crippen LogP contribution in [0.4, 0.5) is 11.5 Å². The van der Waals surface area contributed by atoms with Crippen molar-refractivity contribution in [1.29, 1.82) is 0 Å². The number of rotatable bonds is 5. The van der Waals surface area contributed by atoms with E-state index in [0.29, 0.717) is 11.4 Å². The molecular formula is C21H21N7O. The van der Waals surface area contributed by atoms with Crippen LogP contribution >= 0.6 is 0 Å². The predicted octanol–water partition coefficient (Wildman–Crippen LogP) is 3.49. The van der Waals surface area contributed by atoms with Crippen molar-refractivity contribution in [3.63, 3.8) is 0 Å². The second kappa shape index (κ2) is 7.67. The van der Waals surface area contributed by atoms with E-state index in [1.807, 2.05) is 51.2 Å². The Morgan fingerprint density at radius 1 is 1.14 bits per heavy atom. The van der Waals surface area contributed by atoms with Gasteiger partial charge in [0.15, 0.2) is 5.65 Å². The maximum absolute atomic E-state index is 12.5. The van der Waals surface area contributed by atoms with E-state index in [-0.39, 0.29) is 11.9 Å². The van der Waals surface area contributed by atoms with Crippen molar-refractivity contribution in [2.75, 3.05) is 10.6 Å². The molecule has 8 nitrogen and oxygen atoms in total. The fourth-order valence-electron chi connectivity index (χ4n) is 3.06. The monoisotopic (exact) mass is 387 g/mol. The van der Waals surface area contributed by atoms with Crippen LogP contribution < -0.4 is 10.6 Å². The first-order valence-electron chi connectivity index (χ1n) is 9.24. The Hall–Kier alpha value is -3.81. The highest BCUT2D eigenvalue weighted by atomic mass is 16.1. The molecule has 0 saturated carbocycles. The minimum atomic E-state index is -0.188. The fourth-order valence-corrected chi connectivity index (χ4v) is 3.06. The smallest absolute Gasteiger partial charge is 0.257 e. The van der Waals surface area contributed by atoms with Crippen LogP contribution in [0, 0.1) is 6.92 Å². The number of pyridine rings is 1. The number of nitrogens with zero attached hydrogens (tertiary/aromatic N) is 5. The van der Waals surface area contributed by atoms with Crippen LogP contribution in [0.5, 0.6) is 0 Å². The van der Waals surface area contributed by atoms with Crippen molar-refractivity contribution >= 4 is 28.6 Å². The van der Waals surface area contributed by atoms with Crippen LogP contribution in [0.15, 0.2) is 55.1 Å². The highest BCUT2D eigenvalue weighted by Gasteiger charge is 2.11. The van der Waals surface area contributed by atoms with Crippen molar-refractivity contribution in [2.24, 2.45) is 7.05 Å². The van der Waals surface area contributed by atoms with E-state index in [1.165, 1.54) is 0 Å². The van der Waals surface area contributed by atoms with Gasteiger partial charge in [0.1, 0.15) is 11.3 Å². The Labute approximate surface area is 168 Å². The van der Waals surface area contributed by atoms with E-state index in [0.717, 1.165) is 28.0 Å². The van der Waals surface area contributed by atoms with E-state index < -0.39 is 0 Å². The van der Waals surface area contributed by atoms with Gasteiger partial charge in [0, 0.05) is 25.1 Å². The number of hydrogen-bond donors (Lipinski definition) is 2. The minimum Gasteiger partial charge on any atom is -0.362 e. The van der Waals surface area contributed by atoms with Gasteiger partial charge in [0.05, 0.1) is 24.0 Å². The summed E-state index contributed by atoms with van der Waals surface area (Å²) < 4.78 is 1.69. The molecule has 8 heteroatoms. The van der Waals surface area contributed by atoms with Gasteiger partial charge < -0.3 is 10.6 Å². The molecule has 0 aliphatic heterocycles. The number of aryl methyl sites for hydroxylation is 2. The van der Waals surface area contributed by atoms with Crippen molar-refractivity contribution in [2.45, 2.75) is 19.9 Å². The first-order valence-corrected chi connectivity index (χ1v) is 9.24. The molecule has 2 N–H and O–H groups in total. The van der Waals surface area contributed by atoms with Gasteiger partial charge in [0.2, 0.25) is 0 Å². The number of carbonyl (C=O) groups excluding carboxylic acids is 1. The summed E-state index contributed by atoms with van der Waals surface area (Å²) in [5, 5.41) is 10.4. The fraction of sp³-hybridized carbons (Fsp3) is 0.190. The molecule has 0 fully saturated rings. The standard InChI is InChI=1S/C21H21N7O/c1-13-7-16(10-22-9-13)21(29)26-17-6-4-5-15(8-17)14(2)25-19-12-23-18-11-24-28(3)20(18)27-19/h4-12,14H,1-3H3,(H,25,27)(H,26,29). The summed E-state index contributed by atoms with van der Waals surface area (Å²) >= 11 is 0. The summed E-state index contributed by atoms with van der Waals surface area (Å²) in [6.45, 7) is 3.93. The Morgan fingerprint density at radius 3 is 2.83 bits per heavy atom. The zero-order chi connectivity index (χ0) is 20.4. The zero-order valence-corrected chi connectivity index (χ0v) is 16.4. The third-order valence-electron chi connectivity index (χ3n) is 4.59. The van der Waals surface area contributed by atoms with Gasteiger partial charge in [-0.05, 0) is 43.2 Å². The SMILES string of the molecule is Cc1cncc(C(=O)Nc2cccc(C(C)Nc3cnc4cnn(C)c4n3)c2)c1. The van der Waals surface area contributed by atoms with Crippen LogP contribution in [0.3, 0.4) is 0 Å². The number of carbonyl (C=O) groups is 1. The molecule has 3 heterocycles. The largest absolute Gasteiger partial charge is 0.362 e. The summed E-state index contributed by atoms with van der Waals surface area (Å²) in [6.07, 6.45) is 6.66. The number of hydrogen-bond acceptors (Lipinski definition) is 6. The van der Waals surface area contributed by atoms with Crippen LogP contribution in [0.2, 0.25) is 0 Å². The summed E-state index contributed by atoms with van der Waals surface area (Å²) in [7, 11) is 1.83. The summed E-state index contributed by atoms with van der Waals surface area (Å²) in [5.41, 5.74) is 4.67. The Morgan fingerprint density at radius 2 is 2.00 bits per heavy atom. The molecule has 0 radical (unpaired) electrons. The third kappa shape index (κ3) is 4.06. The molecule has 0 saturated heterocycles. The normalized spacial score (nSPS) is 12.0. The van der Waals surface area contributed by atoms with E-state index in [4.69, 9.17) is 0 Å². The molecule has 0 bridgehead atoms. The Bertz CT molecular complexity index is 1180. The predicted molar refractivity (Wildman–Crippen MR) is 112 cm³/mol. The molecular weight excluding hydrogens is 366 g/mol. The number of aromatic nitrogens is 5. The van der Waals surface area contributed by atoms with Gasteiger partial charge >= 0.3 is 0 Å². The first kappa shape index (κ1) is 18.5. The molecule has 29 heavy (non-hydrogen) atoms. The maximum Gasteiger partial charge on any atom is 0.257 e. The number of fused-ring (bicyclic) bond motifs is 1. The number of anilines is 2. The second-order valence-corrected chi connectivity index (χ2v) is 6.93. The lowest BCUT2D eigenvalue weighted by atomic mass is 10.1. The minimum absolute atomic E-state index is 0.0348. The average molecular weight is 387 g/mol. The highest BCUT2D eigenvalue weighted by molar-refractivity contribution is 6.04. The zero-order valence-electron chi connectivity index (χ0n) is 16.4. The van der Waals surface area contributed by atoms with Crippen molar-refractivity contribution < 1.29 is 4.79 Å². The molecule has 1 atom stereocenters. The van der Waals surface area contributed by atoms with Gasteiger partial charge in [-0.3, -0.25) is 9.78 Å². The molecule has 0 aliphatic carbocycles. The maximum atomic E-state index is 12.5. The van der Waals surface area contributed by atoms with Crippen LogP contribution in [0.1, 0.15) is 34.5 Å². The summed E-state index contributed by atoms with van der Waals surface area (Å²) in [6, 6.07) is 9.48. The molecule has 0 spiro atoms. The summed E-state index contributed by atoms with van der Waals surface area (Å²) in [5.74, 6) is 0.473. The molecule has 3 aromatic heterocycles. The van der Waals surface area contributed by atoms with Crippen LogP contribution in [0.25, 0.3) is 11.2 Å². The Balaban J connectivity index is 1.49. The lowest BCUT2D eigenvalue weighted by Crippen LogP contribution is -2.13. The van der Waals surface area contributed by atoms with Gasteiger partial charge in [0.25, 0.3) is 5.91 Å². The van der Waals surface area contributed by atoms with Gasteiger partial charge in [-0.2, -0.15) is 5.10 Å². The molecule has 0 aliphatic rings. The molecule has 4 rings (SSSR count). The highest BCUT2D eigenvalue weighted by Crippen LogP contribution is 2.22. The number of amides is 1. The molecule has 1 unspecified atom stereocenters. The van der Waals surface area contributed by atoms with Gasteiger partial charge in [-0.25, -0.2) is 14.6 Å². The quantitative estimate of drug-likeness (QED) is 0.544.